The molecule has 0 heterocycles. The van der Waals surface area contributed by atoms with E-state index in [9.17, 15) is 21.9 Å². The van der Waals surface area contributed by atoms with Crippen molar-refractivity contribution >= 4 is 22.7 Å². The van der Waals surface area contributed by atoms with E-state index in [1.165, 1.54) is 0 Å². The predicted octanol–water partition coefficient (Wildman–Crippen LogP) is -0.399. The minimum absolute atomic E-state index is 0. The second kappa shape index (κ2) is 5.65. The van der Waals surface area contributed by atoms with Gasteiger partial charge in [0.25, 0.3) is 0 Å². The summed E-state index contributed by atoms with van der Waals surface area (Å²) in [6.07, 6.45) is -4.57. The maximum absolute atomic E-state index is 12.1. The second-order valence-corrected chi connectivity index (χ2v) is 3.69. The quantitative estimate of drug-likeness (QED) is 0.513. The number of hydrogen-bond acceptors (Lipinski definition) is 2. The fourth-order valence-corrected chi connectivity index (χ4v) is 1.56. The first kappa shape index (κ1) is 15.4. The molecule has 1 aromatic rings. The fraction of sp³-hybridized carbons (Fsp3) is 0.143. The third-order valence-corrected chi connectivity index (χ3v) is 2.58. The Kier molecular flexibility index (Phi) is 5.81. The van der Waals surface area contributed by atoms with Crippen LogP contribution in [0.3, 0.4) is 0 Å². The second-order valence-electron chi connectivity index (χ2n) is 2.38. The molecule has 0 radical (unpaired) electrons. The van der Waals surface area contributed by atoms with E-state index in [1.54, 1.807) is 0 Å². The van der Waals surface area contributed by atoms with Crippen LogP contribution in [-0.2, 0) is 17.3 Å². The van der Waals surface area contributed by atoms with Crippen molar-refractivity contribution < 1.29 is 51.5 Å². The molecule has 1 rings (SSSR count). The summed E-state index contributed by atoms with van der Waals surface area (Å²) in [7, 11) is 0. The van der Waals surface area contributed by atoms with Gasteiger partial charge in [-0.05, 0) is 29.3 Å². The molecule has 78 valence electrons. The van der Waals surface area contributed by atoms with E-state index in [2.05, 4.69) is 0 Å². The van der Waals surface area contributed by atoms with Crippen molar-refractivity contribution in [1.29, 1.82) is 0 Å². The third kappa shape index (κ3) is 4.05. The minimum Gasteiger partial charge on any atom is -0.768 e. The van der Waals surface area contributed by atoms with Crippen LogP contribution in [0.2, 0.25) is 5.02 Å². The molecular weight excluding hydrogens is 264 g/mol. The molecule has 1 atom stereocenters. The van der Waals surface area contributed by atoms with Crippen molar-refractivity contribution in [1.82, 2.24) is 0 Å². The molecule has 0 aliphatic rings. The van der Waals surface area contributed by atoms with Gasteiger partial charge in [0.2, 0.25) is 0 Å². The minimum atomic E-state index is -4.57. The molecule has 0 saturated carbocycles. The van der Waals surface area contributed by atoms with Crippen molar-refractivity contribution in [3.05, 3.63) is 28.8 Å². The normalized spacial score (nSPS) is 13.1. The van der Waals surface area contributed by atoms with Crippen LogP contribution in [0.4, 0.5) is 13.2 Å². The van der Waals surface area contributed by atoms with Crippen LogP contribution in [0.5, 0.6) is 0 Å². The van der Waals surface area contributed by atoms with E-state index in [4.69, 9.17) is 11.6 Å². The molecule has 8 heteroatoms. The number of rotatable bonds is 1. The summed E-state index contributed by atoms with van der Waals surface area (Å²) in [6, 6.07) is 2.11. The van der Waals surface area contributed by atoms with Crippen LogP contribution in [0.15, 0.2) is 23.1 Å². The van der Waals surface area contributed by atoms with Crippen LogP contribution >= 0.6 is 11.6 Å². The Morgan fingerprint density at radius 1 is 1.33 bits per heavy atom. The molecule has 1 unspecified atom stereocenters. The van der Waals surface area contributed by atoms with Crippen molar-refractivity contribution in [3.8, 4) is 0 Å². The average molecular weight is 267 g/mol. The van der Waals surface area contributed by atoms with Crippen molar-refractivity contribution in [2.45, 2.75) is 11.1 Å². The van der Waals surface area contributed by atoms with Crippen LogP contribution in [-0.4, -0.2) is 8.76 Å². The third-order valence-electron chi connectivity index (χ3n) is 1.44. The van der Waals surface area contributed by atoms with Gasteiger partial charge in [-0.3, -0.25) is 4.21 Å². The van der Waals surface area contributed by atoms with Crippen molar-refractivity contribution in [2.24, 2.45) is 0 Å². The van der Waals surface area contributed by atoms with Gasteiger partial charge in [0.05, 0.1) is 10.6 Å². The summed E-state index contributed by atoms with van der Waals surface area (Å²) in [5.74, 6) is 0. The van der Waals surface area contributed by atoms with Gasteiger partial charge < -0.3 is 4.55 Å². The molecule has 0 aliphatic carbocycles. The zero-order valence-corrected chi connectivity index (χ0v) is 11.0. The van der Waals surface area contributed by atoms with Crippen LogP contribution in [0, 0.1) is 0 Å². The van der Waals surface area contributed by atoms with Gasteiger partial charge >= 0.3 is 35.7 Å². The Morgan fingerprint density at radius 3 is 2.27 bits per heavy atom. The first-order valence-electron chi connectivity index (χ1n) is 3.28. The molecule has 0 aromatic heterocycles. The maximum Gasteiger partial charge on any atom is 1.00 e. The van der Waals surface area contributed by atoms with E-state index < -0.39 is 27.7 Å². The van der Waals surface area contributed by atoms with E-state index in [1.807, 2.05) is 0 Å². The Labute approximate surface area is 113 Å². The number of benzene rings is 1. The summed E-state index contributed by atoms with van der Waals surface area (Å²) >= 11 is 2.61. The first-order chi connectivity index (χ1) is 6.32. The van der Waals surface area contributed by atoms with Gasteiger partial charge in [-0.2, -0.15) is 13.2 Å². The average Bonchev–Trinajstić information content (AvgIpc) is 2.02. The Hall–Kier alpha value is 0.410. The number of hydrogen-bond donors (Lipinski definition) is 0. The molecule has 2 nitrogen and oxygen atoms in total. The van der Waals surface area contributed by atoms with Gasteiger partial charge in [0.1, 0.15) is 0 Å². The molecule has 0 N–H and O–H groups in total. The molecule has 0 spiro atoms. The van der Waals surface area contributed by atoms with Crippen LogP contribution in [0.25, 0.3) is 0 Å². The van der Waals surface area contributed by atoms with E-state index in [-0.39, 0.29) is 34.6 Å². The van der Waals surface area contributed by atoms with E-state index in [0.29, 0.717) is 6.07 Å². The van der Waals surface area contributed by atoms with E-state index >= 15 is 0 Å². The summed E-state index contributed by atoms with van der Waals surface area (Å²) in [5, 5.41) is -0.230. The smallest absolute Gasteiger partial charge is 0.768 e. The number of halogens is 4. The number of alkyl halides is 3. The van der Waals surface area contributed by atoms with Gasteiger partial charge in [-0.1, -0.05) is 11.6 Å². The molecule has 1 aromatic carbocycles. The monoisotopic (exact) mass is 266 g/mol. The summed E-state index contributed by atoms with van der Waals surface area (Å²) in [5.41, 5.74) is -1.04. The zero-order chi connectivity index (χ0) is 10.9. The summed E-state index contributed by atoms with van der Waals surface area (Å²) in [6.45, 7) is 0. The molecule has 0 amide bonds. The summed E-state index contributed by atoms with van der Waals surface area (Å²) < 4.78 is 57.3. The van der Waals surface area contributed by atoms with Gasteiger partial charge in [-0.25, -0.2) is 0 Å². The predicted molar refractivity (Wildman–Crippen MR) is 43.6 cm³/mol. The van der Waals surface area contributed by atoms with E-state index in [0.717, 1.165) is 12.1 Å². The Bertz CT molecular complexity index is 383. The molecule has 0 saturated heterocycles. The Morgan fingerprint density at radius 2 is 1.87 bits per heavy atom. The maximum atomic E-state index is 12.1. The molecule has 0 bridgehead atoms. The van der Waals surface area contributed by atoms with Crippen LogP contribution in [0.1, 0.15) is 5.56 Å². The Balaban J connectivity index is 0.00000196. The molecular formula is C7H3ClF3NaO2S. The first-order valence-corrected chi connectivity index (χ1v) is 4.73. The molecule has 15 heavy (non-hydrogen) atoms. The standard InChI is InChI=1S/C7H4ClF3O2S.Na/c8-5-2-1-4(7(9,10)11)3-6(5)14(12)13;/h1-3H,(H,12,13);/q;+1/p-1. The molecule has 0 fully saturated rings. The van der Waals surface area contributed by atoms with Crippen molar-refractivity contribution in [2.75, 3.05) is 0 Å². The zero-order valence-electron chi connectivity index (χ0n) is 7.47. The summed E-state index contributed by atoms with van der Waals surface area (Å²) in [4.78, 5) is -0.554. The molecule has 0 aliphatic heterocycles. The van der Waals surface area contributed by atoms with Crippen molar-refractivity contribution in [3.63, 3.8) is 0 Å². The van der Waals surface area contributed by atoms with Gasteiger partial charge in [0, 0.05) is 4.90 Å². The van der Waals surface area contributed by atoms with Crippen LogP contribution < -0.4 is 29.6 Å². The topological polar surface area (TPSA) is 40.1 Å². The van der Waals surface area contributed by atoms with Gasteiger partial charge in [-0.15, -0.1) is 0 Å². The fourth-order valence-electron chi connectivity index (χ4n) is 0.807. The largest absolute Gasteiger partial charge is 1.00 e. The SMILES string of the molecule is O=S([O-])c1cc(C(F)(F)F)ccc1Cl.[Na+]. The van der Waals surface area contributed by atoms with Gasteiger partial charge in [0.15, 0.2) is 0 Å².